The van der Waals surface area contributed by atoms with Gasteiger partial charge in [0.1, 0.15) is 11.9 Å². The van der Waals surface area contributed by atoms with Crippen LogP contribution in [0.1, 0.15) is 32.6 Å². The molecule has 31 heavy (non-hydrogen) atoms. The third kappa shape index (κ3) is 5.27. The summed E-state index contributed by atoms with van der Waals surface area (Å²) < 4.78 is 5.20. The molecule has 3 aromatic rings. The minimum Gasteiger partial charge on any atom is -0.380 e. The zero-order valence-corrected chi connectivity index (χ0v) is 17.7. The van der Waals surface area contributed by atoms with E-state index in [2.05, 4.69) is 11.9 Å². The summed E-state index contributed by atoms with van der Waals surface area (Å²) in [5, 5.41) is 15.1. The van der Waals surface area contributed by atoms with E-state index < -0.39 is 5.60 Å². The lowest BCUT2D eigenvalue weighted by atomic mass is 9.84. The standard InChI is InChI=1S/C26H28N2O3/c1-19(28-25-13-10-22(17-29)23(14-25)18-31-2)26(30,15-20-6-4-3-5-7-20)24-11-8-21(16-27)9-12-24/h3-14,17,28,30H,1,15-16,18,27H2,2H3. The number of aliphatic hydroxyl groups is 1. The number of nitrogens with one attached hydrogen (secondary N) is 1. The van der Waals surface area contributed by atoms with Crippen molar-refractivity contribution < 1.29 is 14.6 Å². The molecule has 5 heteroatoms. The van der Waals surface area contributed by atoms with Crippen LogP contribution in [0.5, 0.6) is 0 Å². The fourth-order valence-corrected chi connectivity index (χ4v) is 3.55. The number of ether oxygens (including phenoxy) is 1. The number of carbonyl (C=O) groups excluding carboxylic acids is 1. The van der Waals surface area contributed by atoms with Crippen LogP contribution < -0.4 is 11.1 Å². The Bertz CT molecular complexity index is 1030. The average Bonchev–Trinajstić information content (AvgIpc) is 2.80. The minimum atomic E-state index is -1.36. The van der Waals surface area contributed by atoms with E-state index in [1.807, 2.05) is 60.7 Å². The Kier molecular flexibility index (Phi) is 7.36. The quantitative estimate of drug-likeness (QED) is 0.432. The molecule has 3 aromatic carbocycles. The zero-order valence-electron chi connectivity index (χ0n) is 17.7. The Hall–Kier alpha value is -3.25. The highest BCUT2D eigenvalue weighted by Crippen LogP contribution is 2.34. The van der Waals surface area contributed by atoms with E-state index in [0.717, 1.165) is 23.0 Å². The third-order valence-electron chi connectivity index (χ3n) is 5.33. The molecule has 0 heterocycles. The number of rotatable bonds is 10. The van der Waals surface area contributed by atoms with Crippen molar-refractivity contribution in [2.45, 2.75) is 25.2 Å². The Balaban J connectivity index is 1.95. The number of hydrogen-bond acceptors (Lipinski definition) is 5. The lowest BCUT2D eigenvalue weighted by Gasteiger charge is -2.32. The summed E-state index contributed by atoms with van der Waals surface area (Å²) >= 11 is 0. The zero-order chi connectivity index (χ0) is 22.3. The van der Waals surface area contributed by atoms with Crippen LogP contribution >= 0.6 is 0 Å². The largest absolute Gasteiger partial charge is 0.380 e. The maximum absolute atomic E-state index is 11.8. The summed E-state index contributed by atoms with van der Waals surface area (Å²) in [6, 6.07) is 22.7. The highest BCUT2D eigenvalue weighted by atomic mass is 16.5. The van der Waals surface area contributed by atoms with Crippen LogP contribution in [-0.2, 0) is 29.9 Å². The molecule has 0 saturated heterocycles. The van der Waals surface area contributed by atoms with E-state index in [1.54, 1.807) is 19.2 Å². The molecule has 0 saturated carbocycles. The fourth-order valence-electron chi connectivity index (χ4n) is 3.55. The molecule has 0 amide bonds. The van der Waals surface area contributed by atoms with Crippen molar-refractivity contribution in [3.05, 3.63) is 113 Å². The molecule has 5 nitrogen and oxygen atoms in total. The first-order valence-corrected chi connectivity index (χ1v) is 10.1. The molecular formula is C26H28N2O3. The minimum absolute atomic E-state index is 0.310. The van der Waals surface area contributed by atoms with Gasteiger partial charge in [-0.3, -0.25) is 4.79 Å². The number of hydrogen-bond donors (Lipinski definition) is 3. The number of methoxy groups -OCH3 is 1. The number of carbonyl (C=O) groups is 1. The molecule has 3 rings (SSSR count). The second-order valence-electron chi connectivity index (χ2n) is 7.49. The lowest BCUT2D eigenvalue weighted by molar-refractivity contribution is 0.0783. The number of aldehydes is 1. The van der Waals surface area contributed by atoms with Gasteiger partial charge in [0.05, 0.1) is 6.61 Å². The molecular weight excluding hydrogens is 388 g/mol. The van der Waals surface area contributed by atoms with E-state index in [0.29, 0.717) is 42.1 Å². The Labute approximate surface area is 183 Å². The normalized spacial score (nSPS) is 12.7. The Morgan fingerprint density at radius 2 is 1.81 bits per heavy atom. The van der Waals surface area contributed by atoms with Crippen molar-refractivity contribution >= 4 is 12.0 Å². The van der Waals surface area contributed by atoms with E-state index in [-0.39, 0.29) is 0 Å². The fraction of sp³-hybridized carbons (Fsp3) is 0.192. The van der Waals surface area contributed by atoms with Gasteiger partial charge in [0.25, 0.3) is 0 Å². The second-order valence-corrected chi connectivity index (χ2v) is 7.49. The summed E-state index contributed by atoms with van der Waals surface area (Å²) in [5.74, 6) is 0. The smallest absolute Gasteiger partial charge is 0.150 e. The van der Waals surface area contributed by atoms with Gasteiger partial charge in [-0.1, -0.05) is 61.2 Å². The van der Waals surface area contributed by atoms with Crippen molar-refractivity contribution in [2.24, 2.45) is 5.73 Å². The molecule has 0 bridgehead atoms. The van der Waals surface area contributed by atoms with Crippen molar-refractivity contribution in [3.63, 3.8) is 0 Å². The average molecular weight is 417 g/mol. The molecule has 160 valence electrons. The van der Waals surface area contributed by atoms with Gasteiger partial charge in [0, 0.05) is 37.0 Å². The number of benzene rings is 3. The molecule has 1 unspecified atom stereocenters. The predicted octanol–water partition coefficient (Wildman–Crippen LogP) is 4.16. The van der Waals surface area contributed by atoms with Crippen LogP contribution in [0.25, 0.3) is 0 Å². The summed E-state index contributed by atoms with van der Waals surface area (Å²) in [5.41, 5.74) is 9.51. The first-order chi connectivity index (χ1) is 15.0. The van der Waals surface area contributed by atoms with Crippen molar-refractivity contribution in [2.75, 3.05) is 12.4 Å². The monoisotopic (exact) mass is 416 g/mol. The molecule has 0 aliphatic rings. The Morgan fingerprint density at radius 3 is 2.42 bits per heavy atom. The summed E-state index contributed by atoms with van der Waals surface area (Å²) in [7, 11) is 1.58. The highest BCUT2D eigenvalue weighted by molar-refractivity contribution is 5.78. The van der Waals surface area contributed by atoms with Gasteiger partial charge in [-0.2, -0.15) is 0 Å². The number of nitrogens with two attached hydrogens (primary N) is 1. The van der Waals surface area contributed by atoms with Gasteiger partial charge >= 0.3 is 0 Å². The summed E-state index contributed by atoms with van der Waals surface area (Å²) in [6.07, 6.45) is 1.15. The molecule has 0 aromatic heterocycles. The van der Waals surface area contributed by atoms with Crippen LogP contribution in [0.4, 0.5) is 5.69 Å². The molecule has 0 aliphatic heterocycles. The summed E-state index contributed by atoms with van der Waals surface area (Å²) in [4.78, 5) is 11.3. The molecule has 1 atom stereocenters. The van der Waals surface area contributed by atoms with Crippen LogP contribution in [0.3, 0.4) is 0 Å². The first kappa shape index (κ1) is 22.4. The maximum atomic E-state index is 11.8. The maximum Gasteiger partial charge on any atom is 0.150 e. The SMILES string of the molecule is C=C(Nc1ccc(C=O)c(COC)c1)C(O)(Cc1ccccc1)c1ccc(CN)cc1. The lowest BCUT2D eigenvalue weighted by Crippen LogP contribution is -2.34. The van der Waals surface area contributed by atoms with Crippen molar-refractivity contribution in [3.8, 4) is 0 Å². The molecule has 0 spiro atoms. The van der Waals surface area contributed by atoms with Crippen LogP contribution in [-0.4, -0.2) is 18.5 Å². The van der Waals surface area contributed by atoms with Gasteiger partial charge in [0.15, 0.2) is 0 Å². The van der Waals surface area contributed by atoms with Gasteiger partial charge < -0.3 is 20.9 Å². The molecule has 0 aliphatic carbocycles. The van der Waals surface area contributed by atoms with Crippen LogP contribution in [0, 0.1) is 0 Å². The van der Waals surface area contributed by atoms with E-state index >= 15 is 0 Å². The predicted molar refractivity (Wildman–Crippen MR) is 124 cm³/mol. The first-order valence-electron chi connectivity index (χ1n) is 10.1. The second kappa shape index (κ2) is 10.2. The van der Waals surface area contributed by atoms with Crippen molar-refractivity contribution in [1.82, 2.24) is 0 Å². The van der Waals surface area contributed by atoms with Gasteiger partial charge in [0.2, 0.25) is 0 Å². The summed E-state index contributed by atoms with van der Waals surface area (Å²) in [6.45, 7) is 4.91. The van der Waals surface area contributed by atoms with Gasteiger partial charge in [-0.25, -0.2) is 0 Å². The topological polar surface area (TPSA) is 84.6 Å². The van der Waals surface area contributed by atoms with E-state index in [4.69, 9.17) is 10.5 Å². The molecule has 0 fully saturated rings. The van der Waals surface area contributed by atoms with E-state index in [9.17, 15) is 9.90 Å². The third-order valence-corrected chi connectivity index (χ3v) is 5.33. The van der Waals surface area contributed by atoms with Crippen LogP contribution in [0.2, 0.25) is 0 Å². The molecule has 4 N–H and O–H groups in total. The molecule has 0 radical (unpaired) electrons. The van der Waals surface area contributed by atoms with Crippen LogP contribution in [0.15, 0.2) is 85.1 Å². The van der Waals surface area contributed by atoms with Gasteiger partial charge in [-0.15, -0.1) is 0 Å². The number of anilines is 1. The highest BCUT2D eigenvalue weighted by Gasteiger charge is 2.33. The Morgan fingerprint density at radius 1 is 1.10 bits per heavy atom. The van der Waals surface area contributed by atoms with E-state index in [1.165, 1.54) is 0 Å². The van der Waals surface area contributed by atoms with Crippen molar-refractivity contribution in [1.29, 1.82) is 0 Å². The van der Waals surface area contributed by atoms with Gasteiger partial charge in [-0.05, 0) is 40.5 Å².